The van der Waals surface area contributed by atoms with Gasteiger partial charge in [0.25, 0.3) is 0 Å². The van der Waals surface area contributed by atoms with Crippen LogP contribution in [-0.4, -0.2) is 19.1 Å². The van der Waals surface area contributed by atoms with Crippen LogP contribution in [0, 0.1) is 0 Å². The molecule has 16 heavy (non-hydrogen) atoms. The molecule has 0 radical (unpaired) electrons. The zero-order valence-corrected chi connectivity index (χ0v) is 10.3. The lowest BCUT2D eigenvalue weighted by Gasteiger charge is -2.32. The normalized spacial score (nSPS) is 18.1. The molecule has 2 heteroatoms. The first-order valence-corrected chi connectivity index (χ1v) is 6.27. The predicted octanol–water partition coefficient (Wildman–Crippen LogP) is 2.74. The maximum absolute atomic E-state index is 5.91. The standard InChI is InChI=1S/C14H22N2/c1-11(2)12-3-5-14(6-4-12)16-9-7-13(15)8-10-16/h3-6,11,13H,7-10,15H2,1-2H3. The van der Waals surface area contributed by atoms with Crippen molar-refractivity contribution in [2.75, 3.05) is 18.0 Å². The number of hydrogen-bond acceptors (Lipinski definition) is 2. The van der Waals surface area contributed by atoms with Crippen molar-refractivity contribution < 1.29 is 0 Å². The summed E-state index contributed by atoms with van der Waals surface area (Å²) >= 11 is 0. The van der Waals surface area contributed by atoms with E-state index >= 15 is 0 Å². The summed E-state index contributed by atoms with van der Waals surface area (Å²) in [6, 6.07) is 9.38. The molecule has 0 spiro atoms. The van der Waals surface area contributed by atoms with E-state index in [0.29, 0.717) is 12.0 Å². The molecule has 0 aromatic heterocycles. The van der Waals surface area contributed by atoms with Gasteiger partial charge in [-0.05, 0) is 36.5 Å². The van der Waals surface area contributed by atoms with E-state index in [4.69, 9.17) is 5.73 Å². The average molecular weight is 218 g/mol. The van der Waals surface area contributed by atoms with Gasteiger partial charge in [0.15, 0.2) is 0 Å². The van der Waals surface area contributed by atoms with Gasteiger partial charge < -0.3 is 10.6 Å². The lowest BCUT2D eigenvalue weighted by atomic mass is 10.0. The van der Waals surface area contributed by atoms with Gasteiger partial charge in [0, 0.05) is 24.8 Å². The van der Waals surface area contributed by atoms with Crippen LogP contribution in [0.25, 0.3) is 0 Å². The van der Waals surface area contributed by atoms with Gasteiger partial charge in [-0.2, -0.15) is 0 Å². The van der Waals surface area contributed by atoms with E-state index in [1.54, 1.807) is 0 Å². The summed E-state index contributed by atoms with van der Waals surface area (Å²) < 4.78 is 0. The molecular formula is C14H22N2. The highest BCUT2D eigenvalue weighted by molar-refractivity contribution is 5.48. The van der Waals surface area contributed by atoms with E-state index in [1.165, 1.54) is 11.3 Å². The van der Waals surface area contributed by atoms with Crippen LogP contribution in [0.5, 0.6) is 0 Å². The van der Waals surface area contributed by atoms with Crippen LogP contribution >= 0.6 is 0 Å². The van der Waals surface area contributed by atoms with Crippen LogP contribution in [0.2, 0.25) is 0 Å². The molecule has 2 nitrogen and oxygen atoms in total. The van der Waals surface area contributed by atoms with Crippen LogP contribution in [-0.2, 0) is 0 Å². The first kappa shape index (κ1) is 11.5. The molecule has 1 heterocycles. The fourth-order valence-electron chi connectivity index (χ4n) is 2.23. The van der Waals surface area contributed by atoms with Crippen molar-refractivity contribution >= 4 is 5.69 Å². The Bertz CT molecular complexity index is 321. The fourth-order valence-corrected chi connectivity index (χ4v) is 2.23. The highest BCUT2D eigenvalue weighted by Gasteiger charge is 2.16. The molecule has 1 fully saturated rings. The van der Waals surface area contributed by atoms with Gasteiger partial charge in [-0.3, -0.25) is 0 Å². The summed E-state index contributed by atoms with van der Waals surface area (Å²) in [5, 5.41) is 0. The average Bonchev–Trinajstić information content (AvgIpc) is 2.30. The van der Waals surface area contributed by atoms with Crippen molar-refractivity contribution in [3.63, 3.8) is 0 Å². The number of nitrogens with two attached hydrogens (primary N) is 1. The van der Waals surface area contributed by atoms with Crippen LogP contribution in [0.4, 0.5) is 5.69 Å². The van der Waals surface area contributed by atoms with E-state index in [1.807, 2.05) is 0 Å². The fraction of sp³-hybridized carbons (Fsp3) is 0.571. The number of nitrogens with zero attached hydrogens (tertiary/aromatic N) is 1. The molecule has 1 aromatic carbocycles. The highest BCUT2D eigenvalue weighted by atomic mass is 15.1. The number of piperidine rings is 1. The SMILES string of the molecule is CC(C)c1ccc(N2CCC(N)CC2)cc1. The molecule has 1 saturated heterocycles. The van der Waals surface area contributed by atoms with Crippen molar-refractivity contribution in [1.29, 1.82) is 0 Å². The van der Waals surface area contributed by atoms with E-state index in [2.05, 4.69) is 43.0 Å². The van der Waals surface area contributed by atoms with Crippen LogP contribution in [0.3, 0.4) is 0 Å². The Morgan fingerprint density at radius 3 is 2.19 bits per heavy atom. The largest absolute Gasteiger partial charge is 0.371 e. The van der Waals surface area contributed by atoms with Gasteiger partial charge >= 0.3 is 0 Å². The monoisotopic (exact) mass is 218 g/mol. The summed E-state index contributed by atoms with van der Waals surface area (Å²) in [4.78, 5) is 2.44. The summed E-state index contributed by atoms with van der Waals surface area (Å²) in [6.45, 7) is 6.66. The first-order chi connectivity index (χ1) is 7.66. The number of rotatable bonds is 2. The number of hydrogen-bond donors (Lipinski definition) is 1. The molecular weight excluding hydrogens is 196 g/mol. The van der Waals surface area contributed by atoms with Crippen LogP contribution in [0.15, 0.2) is 24.3 Å². The Balaban J connectivity index is 2.04. The zero-order chi connectivity index (χ0) is 11.5. The summed E-state index contributed by atoms with van der Waals surface area (Å²) in [5.41, 5.74) is 8.67. The molecule has 0 unspecified atom stereocenters. The quantitative estimate of drug-likeness (QED) is 0.827. The maximum atomic E-state index is 5.91. The number of anilines is 1. The third-order valence-corrected chi connectivity index (χ3v) is 3.46. The zero-order valence-electron chi connectivity index (χ0n) is 10.3. The molecule has 0 amide bonds. The highest BCUT2D eigenvalue weighted by Crippen LogP contribution is 2.22. The van der Waals surface area contributed by atoms with Gasteiger partial charge in [0.1, 0.15) is 0 Å². The van der Waals surface area contributed by atoms with Gasteiger partial charge in [-0.25, -0.2) is 0 Å². The molecule has 2 N–H and O–H groups in total. The molecule has 1 aliphatic rings. The van der Waals surface area contributed by atoms with Crippen LogP contribution < -0.4 is 10.6 Å². The minimum absolute atomic E-state index is 0.409. The van der Waals surface area contributed by atoms with E-state index < -0.39 is 0 Å². The van der Waals surface area contributed by atoms with E-state index in [-0.39, 0.29) is 0 Å². The molecule has 2 rings (SSSR count). The Morgan fingerprint density at radius 2 is 1.69 bits per heavy atom. The maximum Gasteiger partial charge on any atom is 0.0366 e. The lowest BCUT2D eigenvalue weighted by molar-refractivity contribution is 0.501. The Kier molecular flexibility index (Phi) is 3.49. The lowest BCUT2D eigenvalue weighted by Crippen LogP contribution is -2.39. The third kappa shape index (κ3) is 2.56. The molecule has 1 aliphatic heterocycles. The van der Waals surface area contributed by atoms with E-state index in [0.717, 1.165) is 25.9 Å². The molecule has 0 bridgehead atoms. The second-order valence-electron chi connectivity index (χ2n) is 5.07. The molecule has 88 valence electrons. The van der Waals surface area contributed by atoms with Crippen molar-refractivity contribution in [3.8, 4) is 0 Å². The van der Waals surface area contributed by atoms with Crippen LogP contribution in [0.1, 0.15) is 38.2 Å². The Morgan fingerprint density at radius 1 is 1.12 bits per heavy atom. The molecule has 0 aliphatic carbocycles. The number of benzene rings is 1. The first-order valence-electron chi connectivity index (χ1n) is 6.27. The Labute approximate surface area is 98.4 Å². The van der Waals surface area contributed by atoms with Gasteiger partial charge in [0.05, 0.1) is 0 Å². The summed E-state index contributed by atoms with van der Waals surface area (Å²) in [5.74, 6) is 0.615. The molecule has 1 aromatic rings. The third-order valence-electron chi connectivity index (χ3n) is 3.46. The summed E-state index contributed by atoms with van der Waals surface area (Å²) in [7, 11) is 0. The Hall–Kier alpha value is -1.02. The minimum atomic E-state index is 0.409. The van der Waals surface area contributed by atoms with Gasteiger partial charge in [-0.15, -0.1) is 0 Å². The predicted molar refractivity (Wildman–Crippen MR) is 70.0 cm³/mol. The smallest absolute Gasteiger partial charge is 0.0366 e. The second-order valence-corrected chi connectivity index (χ2v) is 5.07. The second kappa shape index (κ2) is 4.88. The topological polar surface area (TPSA) is 29.3 Å². The van der Waals surface area contributed by atoms with Crippen molar-refractivity contribution in [3.05, 3.63) is 29.8 Å². The van der Waals surface area contributed by atoms with Crippen molar-refractivity contribution in [1.82, 2.24) is 0 Å². The van der Waals surface area contributed by atoms with Crippen molar-refractivity contribution in [2.45, 2.75) is 38.6 Å². The van der Waals surface area contributed by atoms with Gasteiger partial charge in [-0.1, -0.05) is 26.0 Å². The molecule has 0 saturated carbocycles. The van der Waals surface area contributed by atoms with Crippen molar-refractivity contribution in [2.24, 2.45) is 5.73 Å². The molecule has 0 atom stereocenters. The van der Waals surface area contributed by atoms with Gasteiger partial charge in [0.2, 0.25) is 0 Å². The van der Waals surface area contributed by atoms with E-state index in [9.17, 15) is 0 Å². The summed E-state index contributed by atoms with van der Waals surface area (Å²) in [6.07, 6.45) is 2.23. The minimum Gasteiger partial charge on any atom is -0.371 e.